The van der Waals surface area contributed by atoms with E-state index < -0.39 is 17.5 Å². The molecule has 1 saturated heterocycles. The van der Waals surface area contributed by atoms with Crippen molar-refractivity contribution >= 4 is 0 Å². The van der Waals surface area contributed by atoms with E-state index in [1.807, 2.05) is 6.92 Å². The van der Waals surface area contributed by atoms with E-state index in [4.69, 9.17) is 0 Å². The molecule has 0 bridgehead atoms. The first-order valence-corrected chi connectivity index (χ1v) is 4.98. The molecule has 1 aromatic rings. The van der Waals surface area contributed by atoms with Crippen LogP contribution in [0, 0.1) is 17.5 Å². The van der Waals surface area contributed by atoms with Crippen molar-refractivity contribution in [2.24, 2.45) is 0 Å². The fourth-order valence-corrected chi connectivity index (χ4v) is 1.97. The molecule has 0 aromatic heterocycles. The fraction of sp³-hybridized carbons (Fsp3) is 0.455. The van der Waals surface area contributed by atoms with Crippen molar-refractivity contribution in [2.45, 2.75) is 31.8 Å². The SMILES string of the molecule is C[C@H]1CC[C@@H](c2cc(F)c(F)c(F)c2)N1. The lowest BCUT2D eigenvalue weighted by atomic mass is 10.0. The summed E-state index contributed by atoms with van der Waals surface area (Å²) in [5.74, 6) is -3.64. The monoisotopic (exact) mass is 215 g/mol. The molecule has 0 aliphatic carbocycles. The Hall–Kier alpha value is -1.03. The normalized spacial score (nSPS) is 25.9. The number of benzene rings is 1. The van der Waals surface area contributed by atoms with Crippen molar-refractivity contribution < 1.29 is 13.2 Å². The molecule has 1 nitrogen and oxygen atoms in total. The minimum absolute atomic E-state index is 0.0652. The molecule has 0 saturated carbocycles. The molecule has 2 atom stereocenters. The van der Waals surface area contributed by atoms with Gasteiger partial charge in [-0.2, -0.15) is 0 Å². The molecule has 1 aliphatic heterocycles. The van der Waals surface area contributed by atoms with Gasteiger partial charge in [-0.3, -0.25) is 0 Å². The summed E-state index contributed by atoms with van der Waals surface area (Å²) in [5.41, 5.74) is 0.482. The fourth-order valence-electron chi connectivity index (χ4n) is 1.97. The van der Waals surface area contributed by atoms with E-state index in [-0.39, 0.29) is 6.04 Å². The molecule has 1 N–H and O–H groups in total. The van der Waals surface area contributed by atoms with Crippen molar-refractivity contribution in [3.8, 4) is 0 Å². The molecule has 15 heavy (non-hydrogen) atoms. The van der Waals surface area contributed by atoms with Crippen LogP contribution < -0.4 is 5.32 Å². The van der Waals surface area contributed by atoms with Crippen LogP contribution >= 0.6 is 0 Å². The molecule has 2 rings (SSSR count). The quantitative estimate of drug-likeness (QED) is 0.710. The van der Waals surface area contributed by atoms with Gasteiger partial charge in [0.15, 0.2) is 17.5 Å². The second kappa shape index (κ2) is 3.85. The lowest BCUT2D eigenvalue weighted by molar-refractivity contribution is 0.441. The second-order valence-electron chi connectivity index (χ2n) is 4.00. The van der Waals surface area contributed by atoms with Gasteiger partial charge in [-0.1, -0.05) is 0 Å². The number of nitrogens with one attached hydrogen (secondary N) is 1. The summed E-state index contributed by atoms with van der Waals surface area (Å²) in [6, 6.07) is 2.40. The van der Waals surface area contributed by atoms with E-state index in [1.165, 1.54) is 0 Å². The molecule has 0 radical (unpaired) electrons. The molecule has 0 unspecified atom stereocenters. The van der Waals surface area contributed by atoms with Crippen molar-refractivity contribution in [2.75, 3.05) is 0 Å². The highest BCUT2D eigenvalue weighted by molar-refractivity contribution is 5.23. The van der Waals surface area contributed by atoms with E-state index in [9.17, 15) is 13.2 Å². The van der Waals surface area contributed by atoms with Crippen LogP contribution in [0.25, 0.3) is 0 Å². The zero-order valence-corrected chi connectivity index (χ0v) is 8.36. The minimum Gasteiger partial charge on any atom is -0.307 e. The molecule has 1 heterocycles. The highest BCUT2D eigenvalue weighted by Crippen LogP contribution is 2.28. The first-order valence-electron chi connectivity index (χ1n) is 4.98. The van der Waals surface area contributed by atoms with Crippen LogP contribution in [0.3, 0.4) is 0 Å². The van der Waals surface area contributed by atoms with Crippen LogP contribution in [0.4, 0.5) is 13.2 Å². The molecule has 1 fully saturated rings. The summed E-state index contributed by atoms with van der Waals surface area (Å²) in [7, 11) is 0. The Kier molecular flexibility index (Phi) is 2.69. The minimum atomic E-state index is -1.40. The van der Waals surface area contributed by atoms with E-state index in [0.717, 1.165) is 25.0 Å². The number of halogens is 3. The molecule has 0 amide bonds. The van der Waals surface area contributed by atoms with Gasteiger partial charge in [0.2, 0.25) is 0 Å². The Balaban J connectivity index is 2.29. The molecule has 4 heteroatoms. The van der Waals surface area contributed by atoms with Gasteiger partial charge in [0, 0.05) is 12.1 Å². The van der Waals surface area contributed by atoms with E-state index >= 15 is 0 Å². The second-order valence-corrected chi connectivity index (χ2v) is 4.00. The maximum absolute atomic E-state index is 12.9. The number of hydrogen-bond donors (Lipinski definition) is 1. The Morgan fingerprint density at radius 2 is 1.73 bits per heavy atom. The summed E-state index contributed by atoms with van der Waals surface area (Å²) < 4.78 is 38.6. The summed E-state index contributed by atoms with van der Waals surface area (Å²) in [6.07, 6.45) is 1.79. The van der Waals surface area contributed by atoms with Crippen LogP contribution in [-0.4, -0.2) is 6.04 Å². The first kappa shape index (κ1) is 10.5. The van der Waals surface area contributed by atoms with Gasteiger partial charge in [-0.25, -0.2) is 13.2 Å². The van der Waals surface area contributed by atoms with Gasteiger partial charge in [0.1, 0.15) is 0 Å². The highest BCUT2D eigenvalue weighted by atomic mass is 19.2. The summed E-state index contributed by atoms with van der Waals surface area (Å²) in [6.45, 7) is 2.01. The van der Waals surface area contributed by atoms with E-state index in [1.54, 1.807) is 0 Å². The smallest absolute Gasteiger partial charge is 0.194 e. The Bertz CT molecular complexity index is 355. The van der Waals surface area contributed by atoms with Gasteiger partial charge < -0.3 is 5.32 Å². The van der Waals surface area contributed by atoms with Gasteiger partial charge >= 0.3 is 0 Å². The van der Waals surface area contributed by atoms with Crippen LogP contribution in [0.2, 0.25) is 0 Å². The van der Waals surface area contributed by atoms with Gasteiger partial charge in [0.25, 0.3) is 0 Å². The van der Waals surface area contributed by atoms with Crippen LogP contribution in [-0.2, 0) is 0 Å². The van der Waals surface area contributed by atoms with Crippen LogP contribution in [0.5, 0.6) is 0 Å². The summed E-state index contributed by atoms with van der Waals surface area (Å²) in [5, 5.41) is 3.19. The largest absolute Gasteiger partial charge is 0.307 e. The van der Waals surface area contributed by atoms with Crippen molar-refractivity contribution in [1.82, 2.24) is 5.32 Å². The molecular weight excluding hydrogens is 203 g/mol. The molecular formula is C11H12F3N. The zero-order chi connectivity index (χ0) is 11.0. The molecule has 1 aromatic carbocycles. The number of rotatable bonds is 1. The summed E-state index contributed by atoms with van der Waals surface area (Å²) in [4.78, 5) is 0. The Labute approximate surface area is 86.3 Å². The Morgan fingerprint density at radius 3 is 2.20 bits per heavy atom. The molecule has 1 aliphatic rings. The molecule has 82 valence electrons. The van der Waals surface area contributed by atoms with Crippen LogP contribution in [0.15, 0.2) is 12.1 Å². The topological polar surface area (TPSA) is 12.0 Å². The highest BCUT2D eigenvalue weighted by Gasteiger charge is 2.23. The van der Waals surface area contributed by atoms with Gasteiger partial charge in [0.05, 0.1) is 0 Å². The third kappa shape index (κ3) is 2.00. The van der Waals surface area contributed by atoms with Crippen molar-refractivity contribution in [1.29, 1.82) is 0 Å². The zero-order valence-electron chi connectivity index (χ0n) is 8.36. The van der Waals surface area contributed by atoms with Crippen LogP contribution in [0.1, 0.15) is 31.4 Å². The maximum atomic E-state index is 12.9. The van der Waals surface area contributed by atoms with Crippen molar-refractivity contribution in [3.05, 3.63) is 35.1 Å². The predicted octanol–water partition coefficient (Wildman–Crippen LogP) is 2.92. The summed E-state index contributed by atoms with van der Waals surface area (Å²) >= 11 is 0. The predicted molar refractivity (Wildman–Crippen MR) is 50.9 cm³/mol. The van der Waals surface area contributed by atoms with Crippen molar-refractivity contribution in [3.63, 3.8) is 0 Å². The number of hydrogen-bond acceptors (Lipinski definition) is 1. The molecule has 0 spiro atoms. The van der Waals surface area contributed by atoms with Gasteiger partial charge in [-0.05, 0) is 37.5 Å². The third-order valence-electron chi connectivity index (χ3n) is 2.78. The van der Waals surface area contributed by atoms with E-state index in [0.29, 0.717) is 11.6 Å². The lowest BCUT2D eigenvalue weighted by Crippen LogP contribution is -2.21. The maximum Gasteiger partial charge on any atom is 0.194 e. The average molecular weight is 215 g/mol. The van der Waals surface area contributed by atoms with E-state index in [2.05, 4.69) is 5.32 Å². The Morgan fingerprint density at radius 1 is 1.13 bits per heavy atom. The lowest BCUT2D eigenvalue weighted by Gasteiger charge is -2.12. The first-order chi connectivity index (χ1) is 7.08. The standard InChI is InChI=1S/C11H12F3N/c1-6-2-3-10(15-6)7-4-8(12)11(14)9(13)5-7/h4-6,10,15H,2-3H2,1H3/t6-,10-/m0/s1. The average Bonchev–Trinajstić information content (AvgIpc) is 2.60. The van der Waals surface area contributed by atoms with Gasteiger partial charge in [-0.15, -0.1) is 0 Å². The third-order valence-corrected chi connectivity index (χ3v) is 2.78.